The molecule has 1 unspecified atom stereocenters. The number of esters is 1. The van der Waals surface area contributed by atoms with Crippen LogP contribution in [0, 0.1) is 35.5 Å². The Hall–Kier alpha value is -2.86. The van der Waals surface area contributed by atoms with E-state index in [0.717, 1.165) is 12.0 Å². The summed E-state index contributed by atoms with van der Waals surface area (Å²) in [5.41, 5.74) is 1.30. The molecule has 3 saturated heterocycles. The van der Waals surface area contributed by atoms with Crippen LogP contribution in [0.1, 0.15) is 132 Å². The molecule has 0 spiro atoms. The smallest absolute Gasteiger partial charge is 0.329 e. The number of carbonyl (C=O) groups excluding carboxylic acids is 4. The lowest BCUT2D eigenvalue weighted by atomic mass is 9.78. The van der Waals surface area contributed by atoms with E-state index in [1.54, 1.807) is 40.4 Å². The second-order valence-corrected chi connectivity index (χ2v) is 27.0. The third-order valence-corrected chi connectivity index (χ3v) is 18.5. The molecule has 1 aliphatic carbocycles. The maximum atomic E-state index is 14.6. The number of carbonyl (C=O) groups is 4. The van der Waals surface area contributed by atoms with Gasteiger partial charge in [-0.2, -0.15) is 4.31 Å². The zero-order valence-corrected chi connectivity index (χ0v) is 46.6. The highest BCUT2D eigenvalue weighted by atomic mass is 32.2. The van der Waals surface area contributed by atoms with Gasteiger partial charge in [0.25, 0.3) is 11.7 Å². The van der Waals surface area contributed by atoms with Crippen molar-refractivity contribution in [2.75, 3.05) is 46.4 Å². The lowest BCUT2D eigenvalue weighted by Crippen LogP contribution is -2.61. The minimum absolute atomic E-state index is 0.00174. The van der Waals surface area contributed by atoms with E-state index in [9.17, 15) is 42.4 Å². The topological polar surface area (TPSA) is 213 Å². The Labute approximate surface area is 430 Å². The monoisotopic (exact) mass is 1050 g/mol. The first kappa shape index (κ1) is 60.0. The summed E-state index contributed by atoms with van der Waals surface area (Å²) in [7, 11) is -3.26. The molecule has 4 heterocycles. The molecule has 4 fully saturated rings. The SMILES string of the molecule is CO[C@@H]1C[C@H](C[C@@H](C)[C@@H]2CC[C@H](C)/C=C(\C)[C@@H](O)[C@@H](OC)C(=O)[C@H](C)C[C@H](C)/C=C/C=C/C=C(\C)C(N3CCS3(=O)=O)C[C@@H]3CC[C@@H](C)[C@@](O)(O3)C(=O)C(=O)N3CCCC[C@H]3C(=O)O2)CC[C@H]1OP(C)(C)=O. The van der Waals surface area contributed by atoms with E-state index in [1.165, 1.54) is 16.3 Å². The molecule has 1 saturated carbocycles. The summed E-state index contributed by atoms with van der Waals surface area (Å²) < 4.78 is 70.3. The predicted molar refractivity (Wildman–Crippen MR) is 277 cm³/mol. The highest BCUT2D eigenvalue weighted by Gasteiger charge is 2.54. The zero-order valence-electron chi connectivity index (χ0n) is 44.9. The van der Waals surface area contributed by atoms with E-state index < -0.39 is 89.2 Å². The van der Waals surface area contributed by atoms with Crippen molar-refractivity contribution < 1.29 is 65.8 Å². The second kappa shape index (κ2) is 26.3. The number of methoxy groups -OCH3 is 2. The Bertz CT molecular complexity index is 2170. The van der Waals surface area contributed by atoms with E-state index in [4.69, 9.17) is 23.5 Å². The van der Waals surface area contributed by atoms with Gasteiger partial charge in [0.15, 0.2) is 13.2 Å². The van der Waals surface area contributed by atoms with Crippen molar-refractivity contribution in [3.05, 3.63) is 47.6 Å². The zero-order chi connectivity index (χ0) is 53.3. The van der Waals surface area contributed by atoms with Crippen LogP contribution in [-0.4, -0.2) is 152 Å². The Balaban J connectivity index is 1.47. The molecule has 72 heavy (non-hydrogen) atoms. The molecule has 0 aromatic rings. The van der Waals surface area contributed by atoms with Crippen LogP contribution >= 0.6 is 7.37 Å². The Morgan fingerprint density at radius 1 is 0.833 bits per heavy atom. The number of aliphatic hydroxyl groups is 2. The van der Waals surface area contributed by atoms with Gasteiger partial charge in [-0.05, 0) is 127 Å². The van der Waals surface area contributed by atoms with E-state index in [2.05, 4.69) is 0 Å². The number of rotatable bonds is 8. The van der Waals surface area contributed by atoms with E-state index in [-0.39, 0.29) is 66.8 Å². The lowest BCUT2D eigenvalue weighted by Gasteiger charge is -2.44. The summed E-state index contributed by atoms with van der Waals surface area (Å²) in [5.74, 6) is -6.87. The van der Waals surface area contributed by atoms with E-state index >= 15 is 0 Å². The molecule has 5 rings (SSSR count). The van der Waals surface area contributed by atoms with Crippen molar-refractivity contribution in [1.29, 1.82) is 0 Å². The average Bonchev–Trinajstić information content (AvgIpc) is 3.32. The summed E-state index contributed by atoms with van der Waals surface area (Å²) in [4.78, 5) is 58.5. The lowest BCUT2D eigenvalue weighted by molar-refractivity contribution is -0.264. The van der Waals surface area contributed by atoms with Gasteiger partial charge in [-0.25, -0.2) is 13.2 Å². The molecular weight excluding hydrogens is 964 g/mol. The van der Waals surface area contributed by atoms with Crippen molar-refractivity contribution in [3.63, 3.8) is 0 Å². The highest BCUT2D eigenvalue weighted by molar-refractivity contribution is 7.90. The molecule has 2 N–H and O–H groups in total. The van der Waals surface area contributed by atoms with Gasteiger partial charge in [0.05, 0.1) is 24.1 Å². The van der Waals surface area contributed by atoms with Gasteiger partial charge in [0, 0.05) is 58.5 Å². The van der Waals surface area contributed by atoms with Crippen molar-refractivity contribution in [1.82, 2.24) is 9.21 Å². The number of amides is 1. The molecule has 18 heteroatoms. The summed E-state index contributed by atoms with van der Waals surface area (Å²) in [5, 5.41) is 23.7. The number of hydrogen-bond donors (Lipinski definition) is 2. The number of piperidine rings is 1. The number of ether oxygens (including phenoxy) is 4. The number of nitrogens with zero attached hydrogens (tertiary/aromatic N) is 2. The molecule has 5 aliphatic rings. The van der Waals surface area contributed by atoms with Crippen LogP contribution in [0.3, 0.4) is 0 Å². The van der Waals surface area contributed by atoms with Gasteiger partial charge < -0.3 is 38.6 Å². The van der Waals surface area contributed by atoms with Crippen LogP contribution in [0.2, 0.25) is 0 Å². The molecule has 15 atom stereocenters. The first-order chi connectivity index (χ1) is 33.8. The minimum atomic E-state index is -3.54. The molecule has 4 aliphatic heterocycles. The average molecular weight is 1050 g/mol. The van der Waals surface area contributed by atoms with Crippen molar-refractivity contribution in [3.8, 4) is 0 Å². The second-order valence-electron chi connectivity index (χ2n) is 22.2. The summed E-state index contributed by atoms with van der Waals surface area (Å²) in [6, 6.07) is -1.73. The largest absolute Gasteiger partial charge is 0.461 e. The van der Waals surface area contributed by atoms with Crippen LogP contribution in [0.15, 0.2) is 47.6 Å². The Morgan fingerprint density at radius 3 is 2.19 bits per heavy atom. The molecule has 408 valence electrons. The first-order valence-electron chi connectivity index (χ1n) is 26.5. The van der Waals surface area contributed by atoms with Crippen LogP contribution in [0.4, 0.5) is 0 Å². The van der Waals surface area contributed by atoms with Crippen LogP contribution in [0.25, 0.3) is 0 Å². The standard InChI is InChI=1S/C54H87N2O14PS/c1-34-17-13-12-14-18-36(3)44(56-27-28-72(56,64)65)33-42-23-21-40(7)54(62,69-42)51(59)52(60)55-26-16-15-19-43(55)53(61)68-45(37(4)31-41-22-25-46(47(32-41)66-8)70-71(10,11)63)24-20-35(2)30-39(6)49(58)50(67-9)48(57)38(5)29-34/h12-14,17-18,30,34-35,37-38,40-47,49-50,58,62H,15-16,19-29,31-33H2,1-11H3/b14-12+,17-13+,36-18+,39-30+/t34-,35+,37-,38-,40-,41+,42+,43+,44?,45+,46-,47-,49-,50+,54-/m1/s1. The van der Waals surface area contributed by atoms with Gasteiger partial charge in [0.1, 0.15) is 24.4 Å². The third kappa shape index (κ3) is 15.6. The van der Waals surface area contributed by atoms with Crippen LogP contribution in [0.5, 0.6) is 0 Å². The number of allylic oxidation sites excluding steroid dienone is 6. The molecule has 1 amide bonds. The van der Waals surface area contributed by atoms with Gasteiger partial charge in [-0.3, -0.25) is 18.9 Å². The van der Waals surface area contributed by atoms with Crippen molar-refractivity contribution >= 4 is 40.8 Å². The number of Topliss-reactive ketones (excluding diaryl/α,β-unsaturated/α-hetero) is 2. The van der Waals surface area contributed by atoms with Gasteiger partial charge >= 0.3 is 5.97 Å². The fourth-order valence-electron chi connectivity index (χ4n) is 11.5. The summed E-state index contributed by atoms with van der Waals surface area (Å²) in [6.07, 6.45) is 13.6. The molecule has 16 nitrogen and oxygen atoms in total. The molecule has 2 bridgehead atoms. The Kier molecular flexibility index (Phi) is 21.9. The molecule has 0 radical (unpaired) electrons. The molecular formula is C54H87N2O14PS. The van der Waals surface area contributed by atoms with Crippen LogP contribution in [-0.2, 0) is 57.2 Å². The van der Waals surface area contributed by atoms with Crippen molar-refractivity contribution in [2.24, 2.45) is 35.5 Å². The summed E-state index contributed by atoms with van der Waals surface area (Å²) >= 11 is 0. The maximum absolute atomic E-state index is 14.6. The molecule has 0 aromatic carbocycles. The summed E-state index contributed by atoms with van der Waals surface area (Å²) in [6.45, 7) is 16.7. The minimum Gasteiger partial charge on any atom is -0.461 e. The number of aliphatic hydroxyl groups excluding tert-OH is 1. The number of sulfonamides is 1. The number of ketones is 2. The fourth-order valence-corrected chi connectivity index (χ4v) is 13.7. The van der Waals surface area contributed by atoms with Gasteiger partial charge in [-0.1, -0.05) is 76.6 Å². The molecule has 0 aromatic heterocycles. The number of fused-ring (bicyclic) bond motifs is 3. The third-order valence-electron chi connectivity index (χ3n) is 15.9. The van der Waals surface area contributed by atoms with Crippen molar-refractivity contribution in [2.45, 2.75) is 186 Å². The quantitative estimate of drug-likeness (QED) is 0.104. The van der Waals surface area contributed by atoms with E-state index in [1.807, 2.05) is 65.0 Å². The maximum Gasteiger partial charge on any atom is 0.329 e. The van der Waals surface area contributed by atoms with Crippen LogP contribution < -0.4 is 0 Å². The first-order valence-corrected chi connectivity index (χ1v) is 30.6. The normalized spacial score (nSPS) is 39.8. The number of cyclic esters (lactones) is 1. The van der Waals surface area contributed by atoms with E-state index in [0.29, 0.717) is 76.3 Å². The van der Waals surface area contributed by atoms with Gasteiger partial charge in [-0.15, -0.1) is 0 Å². The fraction of sp³-hybridized carbons (Fsp3) is 0.778. The Morgan fingerprint density at radius 2 is 1.56 bits per heavy atom. The number of hydrogen-bond acceptors (Lipinski definition) is 14. The highest BCUT2D eigenvalue weighted by Crippen LogP contribution is 2.45. The predicted octanol–water partition coefficient (Wildman–Crippen LogP) is 7.56. The van der Waals surface area contributed by atoms with Gasteiger partial charge in [0.2, 0.25) is 15.8 Å².